The Bertz CT molecular complexity index is 1000. The molecule has 0 aliphatic rings. The number of nitrogens with one attached hydrogen (secondary N) is 2. The van der Waals surface area contributed by atoms with Crippen LogP contribution in [0.25, 0.3) is 0 Å². The van der Waals surface area contributed by atoms with Crippen molar-refractivity contribution in [2.75, 3.05) is 12.4 Å². The molecule has 0 saturated heterocycles. The van der Waals surface area contributed by atoms with E-state index in [2.05, 4.69) is 10.0 Å². The Hall–Kier alpha value is -2.68. The van der Waals surface area contributed by atoms with Crippen molar-refractivity contribution >= 4 is 33.0 Å². The van der Waals surface area contributed by atoms with Crippen molar-refractivity contribution in [2.45, 2.75) is 16.7 Å². The molecule has 3 rings (SSSR count). The summed E-state index contributed by atoms with van der Waals surface area (Å²) in [4.78, 5) is 12.9. The van der Waals surface area contributed by atoms with Gasteiger partial charge in [-0.3, -0.25) is 4.79 Å². The van der Waals surface area contributed by atoms with Crippen molar-refractivity contribution in [3.63, 3.8) is 0 Å². The third kappa shape index (κ3) is 5.19. The van der Waals surface area contributed by atoms with Gasteiger partial charge in [-0.25, -0.2) is 8.42 Å². The minimum Gasteiger partial charge on any atom is -0.497 e. The SMILES string of the molecule is COc1ccc(NC(=O)[C@@H](Cc2ccccc2)NS(=O)(=O)c2cccs2)cc1. The molecule has 1 aromatic heterocycles. The summed E-state index contributed by atoms with van der Waals surface area (Å²) in [5, 5.41) is 4.44. The van der Waals surface area contributed by atoms with Crippen LogP contribution < -0.4 is 14.8 Å². The van der Waals surface area contributed by atoms with Crippen molar-refractivity contribution in [2.24, 2.45) is 0 Å². The lowest BCUT2D eigenvalue weighted by Crippen LogP contribution is -2.45. The molecule has 2 N–H and O–H groups in total. The average molecular weight is 417 g/mol. The summed E-state index contributed by atoms with van der Waals surface area (Å²) >= 11 is 1.10. The van der Waals surface area contributed by atoms with Gasteiger partial charge in [-0.2, -0.15) is 4.72 Å². The second-order valence-electron chi connectivity index (χ2n) is 6.01. The first-order valence-corrected chi connectivity index (χ1v) is 10.9. The predicted molar refractivity (Wildman–Crippen MR) is 110 cm³/mol. The summed E-state index contributed by atoms with van der Waals surface area (Å²) in [6.07, 6.45) is 0.230. The molecule has 0 radical (unpaired) electrons. The number of rotatable bonds is 8. The van der Waals surface area contributed by atoms with E-state index in [0.717, 1.165) is 16.9 Å². The van der Waals surface area contributed by atoms with Crippen molar-refractivity contribution in [1.82, 2.24) is 4.72 Å². The fraction of sp³-hybridized carbons (Fsp3) is 0.150. The second-order valence-corrected chi connectivity index (χ2v) is 8.90. The fourth-order valence-corrected chi connectivity index (χ4v) is 4.81. The standard InChI is InChI=1S/C20H20N2O4S2/c1-26-17-11-9-16(10-12-17)21-20(23)18(14-15-6-3-2-4-7-15)22-28(24,25)19-8-5-13-27-19/h2-13,18,22H,14H2,1H3,(H,21,23)/t18-/m1/s1. The fourth-order valence-electron chi connectivity index (χ4n) is 2.60. The van der Waals surface area contributed by atoms with E-state index in [1.807, 2.05) is 30.3 Å². The lowest BCUT2D eigenvalue weighted by Gasteiger charge is -2.18. The maximum absolute atomic E-state index is 12.9. The number of thiophene rings is 1. The molecule has 0 bridgehead atoms. The number of carbonyl (C=O) groups excluding carboxylic acids is 1. The molecule has 2 aromatic carbocycles. The summed E-state index contributed by atoms with van der Waals surface area (Å²) in [6, 6.07) is 18.3. The smallest absolute Gasteiger partial charge is 0.250 e. The van der Waals surface area contributed by atoms with Gasteiger partial charge in [0.2, 0.25) is 5.91 Å². The molecule has 0 saturated carbocycles. The van der Waals surface area contributed by atoms with Crippen molar-refractivity contribution in [1.29, 1.82) is 0 Å². The zero-order valence-electron chi connectivity index (χ0n) is 15.2. The number of hydrogen-bond acceptors (Lipinski definition) is 5. The Kier molecular flexibility index (Phi) is 6.45. The quantitative estimate of drug-likeness (QED) is 0.590. The van der Waals surface area contributed by atoms with E-state index in [1.54, 1.807) is 42.8 Å². The Balaban J connectivity index is 1.81. The Morgan fingerprint density at radius 2 is 1.75 bits per heavy atom. The third-order valence-corrected chi connectivity index (χ3v) is 6.88. The van der Waals surface area contributed by atoms with E-state index in [0.29, 0.717) is 11.4 Å². The monoisotopic (exact) mass is 416 g/mol. The van der Waals surface area contributed by atoms with Gasteiger partial charge in [0.25, 0.3) is 10.0 Å². The van der Waals surface area contributed by atoms with E-state index in [-0.39, 0.29) is 10.6 Å². The normalized spacial score (nSPS) is 12.3. The van der Waals surface area contributed by atoms with Gasteiger partial charge in [0, 0.05) is 5.69 Å². The topological polar surface area (TPSA) is 84.5 Å². The van der Waals surface area contributed by atoms with Gasteiger partial charge in [-0.05, 0) is 47.7 Å². The molecule has 8 heteroatoms. The molecule has 3 aromatic rings. The highest BCUT2D eigenvalue weighted by Crippen LogP contribution is 2.18. The molecule has 1 atom stereocenters. The van der Waals surface area contributed by atoms with Crippen LogP contribution in [0.1, 0.15) is 5.56 Å². The minimum atomic E-state index is -3.80. The van der Waals surface area contributed by atoms with Crippen LogP contribution in [-0.2, 0) is 21.2 Å². The van der Waals surface area contributed by atoms with Gasteiger partial charge in [-0.15, -0.1) is 11.3 Å². The number of anilines is 1. The van der Waals surface area contributed by atoms with E-state index in [9.17, 15) is 13.2 Å². The van der Waals surface area contributed by atoms with Crippen molar-refractivity contribution < 1.29 is 17.9 Å². The van der Waals surface area contributed by atoms with Crippen molar-refractivity contribution in [3.8, 4) is 5.75 Å². The molecule has 146 valence electrons. The highest BCUT2D eigenvalue weighted by molar-refractivity contribution is 7.91. The Labute approximate surface area is 168 Å². The molecule has 28 heavy (non-hydrogen) atoms. The molecule has 0 unspecified atom stereocenters. The van der Waals surface area contributed by atoms with Gasteiger partial charge < -0.3 is 10.1 Å². The summed E-state index contributed by atoms with van der Waals surface area (Å²) in [6.45, 7) is 0. The molecule has 0 fully saturated rings. The average Bonchev–Trinajstić information content (AvgIpc) is 3.25. The Morgan fingerprint density at radius 1 is 1.04 bits per heavy atom. The van der Waals surface area contributed by atoms with Crippen LogP contribution in [0, 0.1) is 0 Å². The van der Waals surface area contributed by atoms with Gasteiger partial charge in [0.15, 0.2) is 0 Å². The van der Waals surface area contributed by atoms with Gasteiger partial charge in [0.1, 0.15) is 16.0 Å². The number of sulfonamides is 1. The number of benzene rings is 2. The number of ether oxygens (including phenoxy) is 1. The van der Waals surface area contributed by atoms with E-state index >= 15 is 0 Å². The third-order valence-electron chi connectivity index (χ3n) is 4.01. The first-order chi connectivity index (χ1) is 13.5. The summed E-state index contributed by atoms with van der Waals surface area (Å²) in [5.74, 6) is 0.228. The van der Waals surface area contributed by atoms with Crippen LogP contribution >= 0.6 is 11.3 Å². The number of amides is 1. The largest absolute Gasteiger partial charge is 0.497 e. The Morgan fingerprint density at radius 3 is 2.36 bits per heavy atom. The lowest BCUT2D eigenvalue weighted by molar-refractivity contribution is -0.117. The molecule has 0 aliphatic carbocycles. The zero-order chi connectivity index (χ0) is 20.0. The van der Waals surface area contributed by atoms with Gasteiger partial charge >= 0.3 is 0 Å². The molecular weight excluding hydrogens is 396 g/mol. The summed E-state index contributed by atoms with van der Waals surface area (Å²) in [5.41, 5.74) is 1.41. The van der Waals surface area contributed by atoms with Gasteiger partial charge in [0.05, 0.1) is 7.11 Å². The van der Waals surface area contributed by atoms with Crippen LogP contribution in [0.15, 0.2) is 76.3 Å². The summed E-state index contributed by atoms with van der Waals surface area (Å²) in [7, 11) is -2.24. The first-order valence-electron chi connectivity index (χ1n) is 8.52. The molecular formula is C20H20N2O4S2. The lowest BCUT2D eigenvalue weighted by atomic mass is 10.1. The second kappa shape index (κ2) is 9.01. The van der Waals surface area contributed by atoms with Crippen LogP contribution in [-0.4, -0.2) is 27.5 Å². The maximum atomic E-state index is 12.9. The zero-order valence-corrected chi connectivity index (χ0v) is 16.8. The van der Waals surface area contributed by atoms with Crippen LogP contribution in [0.2, 0.25) is 0 Å². The maximum Gasteiger partial charge on any atom is 0.250 e. The molecule has 1 heterocycles. The molecule has 0 spiro atoms. The first kappa shape index (κ1) is 20.1. The number of hydrogen-bond donors (Lipinski definition) is 2. The predicted octanol–water partition coefficient (Wildman–Crippen LogP) is 3.29. The highest BCUT2D eigenvalue weighted by Gasteiger charge is 2.26. The van der Waals surface area contributed by atoms with Gasteiger partial charge in [-0.1, -0.05) is 36.4 Å². The summed E-state index contributed by atoms with van der Waals surface area (Å²) < 4.78 is 33.1. The number of carbonyl (C=O) groups is 1. The van der Waals surface area contributed by atoms with Crippen LogP contribution in [0.3, 0.4) is 0 Å². The van der Waals surface area contributed by atoms with E-state index < -0.39 is 22.0 Å². The highest BCUT2D eigenvalue weighted by atomic mass is 32.2. The number of methoxy groups -OCH3 is 1. The molecule has 0 aliphatic heterocycles. The molecule has 1 amide bonds. The van der Waals surface area contributed by atoms with Crippen molar-refractivity contribution in [3.05, 3.63) is 77.7 Å². The van der Waals surface area contributed by atoms with Crippen LogP contribution in [0.5, 0.6) is 5.75 Å². The minimum absolute atomic E-state index is 0.169. The van der Waals surface area contributed by atoms with Crippen LogP contribution in [0.4, 0.5) is 5.69 Å². The van der Waals surface area contributed by atoms with E-state index in [1.165, 1.54) is 6.07 Å². The molecule has 6 nitrogen and oxygen atoms in total. The van der Waals surface area contributed by atoms with E-state index in [4.69, 9.17) is 4.74 Å².